The standard InChI is InChI=1S/C18H25N3O2/c1-21-14-7-8-15(21)11-13(10-14)19-18(22)20-16-6-2-4-12-5-3-9-23-17(12)16/h2,4,6,13-15H,3,5,7-11H2,1H3,(H2,19,20,22). The van der Waals surface area contributed by atoms with E-state index in [0.717, 1.165) is 43.7 Å². The molecular weight excluding hydrogens is 290 g/mol. The van der Waals surface area contributed by atoms with Crippen LogP contribution in [0, 0.1) is 0 Å². The highest BCUT2D eigenvalue weighted by Crippen LogP contribution is 2.35. The number of anilines is 1. The molecule has 5 heteroatoms. The highest BCUT2D eigenvalue weighted by molar-refractivity contribution is 5.91. The quantitative estimate of drug-likeness (QED) is 0.882. The topological polar surface area (TPSA) is 53.6 Å². The number of nitrogens with one attached hydrogen (secondary N) is 2. The van der Waals surface area contributed by atoms with E-state index >= 15 is 0 Å². The van der Waals surface area contributed by atoms with Crippen LogP contribution in [-0.4, -0.2) is 42.7 Å². The molecule has 2 fully saturated rings. The number of hydrogen-bond donors (Lipinski definition) is 2. The van der Waals surface area contributed by atoms with Crippen molar-refractivity contribution in [1.82, 2.24) is 10.2 Å². The molecule has 4 rings (SSSR count). The highest BCUT2D eigenvalue weighted by atomic mass is 16.5. The van der Waals surface area contributed by atoms with Crippen molar-refractivity contribution in [2.75, 3.05) is 19.0 Å². The van der Waals surface area contributed by atoms with Crippen molar-refractivity contribution in [3.63, 3.8) is 0 Å². The summed E-state index contributed by atoms with van der Waals surface area (Å²) in [5.74, 6) is 0.845. The molecule has 0 saturated carbocycles. The van der Waals surface area contributed by atoms with Gasteiger partial charge in [-0.2, -0.15) is 0 Å². The summed E-state index contributed by atoms with van der Waals surface area (Å²) in [5, 5.41) is 6.15. The minimum atomic E-state index is -0.110. The average molecular weight is 315 g/mol. The van der Waals surface area contributed by atoms with Crippen molar-refractivity contribution < 1.29 is 9.53 Å². The summed E-state index contributed by atoms with van der Waals surface area (Å²) in [6.45, 7) is 0.728. The minimum Gasteiger partial charge on any atom is -0.491 e. The summed E-state index contributed by atoms with van der Waals surface area (Å²) in [6.07, 6.45) is 6.71. The van der Waals surface area contributed by atoms with Gasteiger partial charge in [0, 0.05) is 18.1 Å². The van der Waals surface area contributed by atoms with Gasteiger partial charge in [-0.3, -0.25) is 0 Å². The molecular formula is C18H25N3O2. The molecule has 2 N–H and O–H groups in total. The molecule has 3 aliphatic rings. The van der Waals surface area contributed by atoms with Crippen molar-refractivity contribution in [3.8, 4) is 5.75 Å². The Morgan fingerprint density at radius 1 is 1.26 bits per heavy atom. The predicted molar refractivity (Wildman–Crippen MR) is 90.0 cm³/mol. The molecule has 1 aromatic rings. The number of rotatable bonds is 2. The molecule has 3 aliphatic heterocycles. The van der Waals surface area contributed by atoms with E-state index in [1.165, 1.54) is 18.4 Å². The third-order valence-electron chi connectivity index (χ3n) is 5.62. The first kappa shape index (κ1) is 14.8. The number of para-hydroxylation sites is 1. The molecule has 2 saturated heterocycles. The number of urea groups is 1. The van der Waals surface area contributed by atoms with Gasteiger partial charge < -0.3 is 20.3 Å². The Labute approximate surface area is 137 Å². The monoisotopic (exact) mass is 315 g/mol. The molecule has 2 bridgehead atoms. The second kappa shape index (κ2) is 6.04. The third-order valence-corrected chi connectivity index (χ3v) is 5.62. The Morgan fingerprint density at radius 3 is 2.83 bits per heavy atom. The van der Waals surface area contributed by atoms with Crippen LogP contribution >= 0.6 is 0 Å². The zero-order valence-corrected chi connectivity index (χ0v) is 13.7. The van der Waals surface area contributed by atoms with Crippen LogP contribution in [0.4, 0.5) is 10.5 Å². The second-order valence-electron chi connectivity index (χ2n) is 7.06. The van der Waals surface area contributed by atoms with Crippen molar-refractivity contribution >= 4 is 11.7 Å². The largest absolute Gasteiger partial charge is 0.491 e. The molecule has 3 heterocycles. The van der Waals surface area contributed by atoms with E-state index in [0.29, 0.717) is 12.1 Å². The van der Waals surface area contributed by atoms with Crippen LogP contribution in [0.1, 0.15) is 37.7 Å². The molecule has 0 radical (unpaired) electrons. The van der Waals surface area contributed by atoms with Crippen LogP contribution in [0.25, 0.3) is 0 Å². The summed E-state index contributed by atoms with van der Waals surface area (Å²) < 4.78 is 5.75. The lowest BCUT2D eigenvalue weighted by Crippen LogP contribution is -2.49. The molecule has 5 nitrogen and oxygen atoms in total. The normalized spacial score (nSPS) is 29.5. The van der Waals surface area contributed by atoms with E-state index < -0.39 is 0 Å². The van der Waals surface area contributed by atoms with Crippen LogP contribution in [0.15, 0.2) is 18.2 Å². The summed E-state index contributed by atoms with van der Waals surface area (Å²) >= 11 is 0. The van der Waals surface area contributed by atoms with Gasteiger partial charge in [0.25, 0.3) is 0 Å². The Balaban J connectivity index is 1.39. The summed E-state index contributed by atoms with van der Waals surface area (Å²) in [5.41, 5.74) is 1.97. The van der Waals surface area contributed by atoms with E-state index in [1.54, 1.807) is 0 Å². The van der Waals surface area contributed by atoms with Crippen LogP contribution in [0.3, 0.4) is 0 Å². The summed E-state index contributed by atoms with van der Waals surface area (Å²) in [7, 11) is 2.21. The van der Waals surface area contributed by atoms with Crippen molar-refractivity contribution in [2.24, 2.45) is 0 Å². The number of amides is 2. The van der Waals surface area contributed by atoms with E-state index in [-0.39, 0.29) is 12.1 Å². The smallest absolute Gasteiger partial charge is 0.319 e. The minimum absolute atomic E-state index is 0.110. The lowest BCUT2D eigenvalue weighted by atomic mass is 9.98. The fourth-order valence-electron chi connectivity index (χ4n) is 4.36. The number of carbonyl (C=O) groups is 1. The van der Waals surface area contributed by atoms with Gasteiger partial charge in [0.1, 0.15) is 5.75 Å². The van der Waals surface area contributed by atoms with Gasteiger partial charge in [-0.05, 0) is 57.2 Å². The Kier molecular flexibility index (Phi) is 3.89. The summed E-state index contributed by atoms with van der Waals surface area (Å²) in [6, 6.07) is 7.41. The Hall–Kier alpha value is -1.75. The maximum atomic E-state index is 12.4. The zero-order valence-electron chi connectivity index (χ0n) is 13.7. The Morgan fingerprint density at radius 2 is 2.04 bits per heavy atom. The Bertz CT molecular complexity index is 590. The molecule has 0 aliphatic carbocycles. The molecule has 2 unspecified atom stereocenters. The number of aryl methyl sites for hydroxylation is 1. The third kappa shape index (κ3) is 2.90. The van der Waals surface area contributed by atoms with E-state index in [2.05, 4.69) is 28.6 Å². The lowest BCUT2D eigenvalue weighted by molar-refractivity contribution is 0.151. The number of benzene rings is 1. The van der Waals surface area contributed by atoms with Gasteiger partial charge in [0.05, 0.1) is 12.3 Å². The van der Waals surface area contributed by atoms with Crippen molar-refractivity contribution in [2.45, 2.75) is 56.7 Å². The maximum Gasteiger partial charge on any atom is 0.319 e. The number of piperidine rings is 1. The second-order valence-corrected chi connectivity index (χ2v) is 7.06. The first-order valence-electron chi connectivity index (χ1n) is 8.75. The first-order valence-corrected chi connectivity index (χ1v) is 8.75. The van der Waals surface area contributed by atoms with Crippen LogP contribution in [0.5, 0.6) is 5.75 Å². The van der Waals surface area contributed by atoms with Gasteiger partial charge in [0.15, 0.2) is 0 Å². The molecule has 1 aromatic carbocycles. The van der Waals surface area contributed by atoms with Gasteiger partial charge in [-0.1, -0.05) is 12.1 Å². The molecule has 0 spiro atoms. The van der Waals surface area contributed by atoms with E-state index in [9.17, 15) is 4.79 Å². The van der Waals surface area contributed by atoms with Gasteiger partial charge in [-0.15, -0.1) is 0 Å². The van der Waals surface area contributed by atoms with E-state index in [4.69, 9.17) is 4.74 Å². The van der Waals surface area contributed by atoms with E-state index in [1.807, 2.05) is 12.1 Å². The van der Waals surface area contributed by atoms with Gasteiger partial charge in [0.2, 0.25) is 0 Å². The zero-order chi connectivity index (χ0) is 15.8. The highest BCUT2D eigenvalue weighted by Gasteiger charge is 2.38. The molecule has 2 atom stereocenters. The molecule has 23 heavy (non-hydrogen) atoms. The molecule has 2 amide bonds. The average Bonchev–Trinajstić information content (AvgIpc) is 2.77. The fraction of sp³-hybridized carbons (Fsp3) is 0.611. The maximum absolute atomic E-state index is 12.4. The first-order chi connectivity index (χ1) is 11.2. The van der Waals surface area contributed by atoms with Crippen molar-refractivity contribution in [3.05, 3.63) is 23.8 Å². The van der Waals surface area contributed by atoms with Crippen LogP contribution < -0.4 is 15.4 Å². The van der Waals surface area contributed by atoms with Crippen LogP contribution in [0.2, 0.25) is 0 Å². The lowest BCUT2D eigenvalue weighted by Gasteiger charge is -2.36. The number of carbonyl (C=O) groups excluding carboxylic acids is 1. The number of ether oxygens (including phenoxy) is 1. The number of fused-ring (bicyclic) bond motifs is 3. The number of hydrogen-bond acceptors (Lipinski definition) is 3. The SMILES string of the molecule is CN1C2CCC1CC(NC(=O)Nc1cccc3c1OCCC3)C2. The predicted octanol–water partition coefficient (Wildman–Crippen LogP) is 2.76. The van der Waals surface area contributed by atoms with Gasteiger partial charge in [-0.25, -0.2) is 4.79 Å². The van der Waals surface area contributed by atoms with Gasteiger partial charge >= 0.3 is 6.03 Å². The van der Waals surface area contributed by atoms with Crippen molar-refractivity contribution in [1.29, 1.82) is 0 Å². The fourth-order valence-corrected chi connectivity index (χ4v) is 4.36. The van der Waals surface area contributed by atoms with Crippen LogP contribution in [-0.2, 0) is 6.42 Å². The molecule has 124 valence electrons. The molecule has 0 aromatic heterocycles. The number of nitrogens with zero attached hydrogens (tertiary/aromatic N) is 1. The summed E-state index contributed by atoms with van der Waals surface area (Å²) in [4.78, 5) is 14.9.